The van der Waals surface area contributed by atoms with Crippen LogP contribution in [0.25, 0.3) is 0 Å². The van der Waals surface area contributed by atoms with Gasteiger partial charge in [0.05, 0.1) is 18.1 Å². The van der Waals surface area contributed by atoms with Gasteiger partial charge in [-0.3, -0.25) is 9.59 Å². The molecule has 1 amide bonds. The van der Waals surface area contributed by atoms with Gasteiger partial charge in [0.15, 0.2) is 0 Å². The van der Waals surface area contributed by atoms with Gasteiger partial charge in [-0.1, -0.05) is 48.6 Å². The minimum absolute atomic E-state index is 0.0417. The maximum atomic E-state index is 12.8. The molecule has 1 aromatic carbocycles. The van der Waals surface area contributed by atoms with Gasteiger partial charge in [0, 0.05) is 25.3 Å². The minimum Gasteiger partial charge on any atom is -0.458 e. The van der Waals surface area contributed by atoms with E-state index in [-0.39, 0.29) is 36.7 Å². The van der Waals surface area contributed by atoms with E-state index in [1.54, 1.807) is 6.08 Å². The predicted octanol–water partition coefficient (Wildman–Crippen LogP) is 3.54. The summed E-state index contributed by atoms with van der Waals surface area (Å²) in [5.74, 6) is -1.48. The Labute approximate surface area is 235 Å². The molecule has 2 aliphatic carbocycles. The van der Waals surface area contributed by atoms with E-state index in [9.17, 15) is 29.9 Å². The predicted molar refractivity (Wildman–Crippen MR) is 148 cm³/mol. The molecule has 7 atom stereocenters. The maximum Gasteiger partial charge on any atom is 0.309 e. The summed E-state index contributed by atoms with van der Waals surface area (Å²) in [5.41, 5.74) is 1.10. The van der Waals surface area contributed by atoms with Crippen LogP contribution in [0.3, 0.4) is 0 Å². The highest BCUT2D eigenvalue weighted by molar-refractivity contribution is 5.76. The molecule has 0 bridgehead atoms. The molecule has 3 rings (SSSR count). The van der Waals surface area contributed by atoms with Gasteiger partial charge < -0.3 is 25.1 Å². The highest BCUT2D eigenvalue weighted by atomic mass is 16.9. The summed E-state index contributed by atoms with van der Waals surface area (Å²) in [4.78, 5) is 39.2. The molecular weight excluding hydrogens is 516 g/mol. The summed E-state index contributed by atoms with van der Waals surface area (Å²) in [7, 11) is 0. The van der Waals surface area contributed by atoms with Gasteiger partial charge in [0.2, 0.25) is 5.91 Å². The quantitative estimate of drug-likeness (QED) is 0.0865. The number of aryl methyl sites for hydroxylation is 1. The summed E-state index contributed by atoms with van der Waals surface area (Å²) >= 11 is 0. The topological polar surface area (TPSA) is 148 Å². The van der Waals surface area contributed by atoms with Crippen LogP contribution >= 0.6 is 0 Å². The fraction of sp³-hybridized carbons (Fsp3) is 0.600. The first-order valence-corrected chi connectivity index (χ1v) is 14.3. The van der Waals surface area contributed by atoms with Crippen molar-refractivity contribution in [1.82, 2.24) is 5.32 Å². The number of hydrogen-bond donors (Lipinski definition) is 3. The smallest absolute Gasteiger partial charge is 0.309 e. The minimum atomic E-state index is -0.856. The van der Waals surface area contributed by atoms with Gasteiger partial charge >= 0.3 is 5.97 Å². The lowest BCUT2D eigenvalue weighted by molar-refractivity contribution is -0.758. The molecule has 1 aromatic rings. The molecule has 220 valence electrons. The van der Waals surface area contributed by atoms with Crippen LogP contribution in [0.5, 0.6) is 0 Å². The lowest BCUT2D eigenvalue weighted by atomic mass is 9.89. The Morgan fingerprint density at radius 2 is 1.95 bits per heavy atom. The first-order chi connectivity index (χ1) is 19.3. The zero-order valence-corrected chi connectivity index (χ0v) is 23.1. The number of nitrogens with zero attached hydrogens (tertiary/aromatic N) is 1. The Balaban J connectivity index is 1.58. The van der Waals surface area contributed by atoms with Crippen molar-refractivity contribution in [3.05, 3.63) is 70.3 Å². The van der Waals surface area contributed by atoms with E-state index in [0.29, 0.717) is 38.6 Å². The number of nitrogens with one attached hydrogen (secondary N) is 1. The molecule has 0 heterocycles. The molecule has 0 aromatic heterocycles. The fourth-order valence-electron chi connectivity index (χ4n) is 5.26. The number of aliphatic hydroxyl groups is 2. The summed E-state index contributed by atoms with van der Waals surface area (Å²) in [6.45, 7) is 2.39. The molecular formula is C30H42N2O8. The standard InChI is InChI=1S/C30H42N2O8/c1-2-31-29(35)13-9-4-3-8-12-24-25(28(34)19-27(24)33)17-16-23(15-14-21-10-6-5-7-11-21)40-30(36)26-18-22(26)20-39-32(37)38/h3,5-8,10-11,16-17,22-28,33-34H,2,4,9,12-15,18-20H2,1H3,(H,31,35)/t22-,23-,24+,25+,26+,27-,28+/m0/s1. The number of rotatable bonds is 17. The fourth-order valence-corrected chi connectivity index (χ4v) is 5.26. The van der Waals surface area contributed by atoms with Crippen LogP contribution in [-0.4, -0.2) is 58.6 Å². The molecule has 0 spiro atoms. The van der Waals surface area contributed by atoms with E-state index in [1.165, 1.54) is 0 Å². The molecule has 0 aliphatic heterocycles. The Bertz CT molecular complexity index is 1010. The second-order valence-corrected chi connectivity index (χ2v) is 10.7. The number of amides is 1. The third-order valence-corrected chi connectivity index (χ3v) is 7.63. The highest BCUT2D eigenvalue weighted by Gasteiger charge is 2.45. The molecule has 10 nitrogen and oxygen atoms in total. The Morgan fingerprint density at radius 1 is 1.18 bits per heavy atom. The van der Waals surface area contributed by atoms with Crippen LogP contribution < -0.4 is 5.32 Å². The molecule has 2 saturated carbocycles. The average molecular weight is 559 g/mol. The Hall–Kier alpha value is -3.24. The Kier molecular flexibility index (Phi) is 12.6. The maximum absolute atomic E-state index is 12.8. The van der Waals surface area contributed by atoms with Gasteiger partial charge in [-0.05, 0) is 68.9 Å². The van der Waals surface area contributed by atoms with Crippen molar-refractivity contribution in [3.63, 3.8) is 0 Å². The van der Waals surface area contributed by atoms with Gasteiger partial charge in [-0.15, -0.1) is 10.1 Å². The van der Waals surface area contributed by atoms with Crippen LogP contribution in [0.4, 0.5) is 0 Å². The van der Waals surface area contributed by atoms with Gasteiger partial charge in [0.25, 0.3) is 5.09 Å². The first-order valence-electron chi connectivity index (χ1n) is 14.3. The van der Waals surface area contributed by atoms with E-state index in [0.717, 1.165) is 18.4 Å². The first kappa shape index (κ1) is 31.3. The zero-order chi connectivity index (χ0) is 28.9. The molecule has 2 fully saturated rings. The lowest BCUT2D eigenvalue weighted by Gasteiger charge is -2.21. The normalized spacial score (nSPS) is 26.6. The third kappa shape index (κ3) is 10.4. The molecule has 0 saturated heterocycles. The lowest BCUT2D eigenvalue weighted by Crippen LogP contribution is -2.22. The number of hydrogen-bond acceptors (Lipinski definition) is 8. The van der Waals surface area contributed by atoms with Gasteiger partial charge in [0.1, 0.15) is 12.7 Å². The highest BCUT2D eigenvalue weighted by Crippen LogP contribution is 2.40. The monoisotopic (exact) mass is 558 g/mol. The number of esters is 1. The number of unbranched alkanes of at least 4 members (excludes halogenated alkanes) is 1. The summed E-state index contributed by atoms with van der Waals surface area (Å²) in [6.07, 6.45) is 10.3. The van der Waals surface area contributed by atoms with Crippen molar-refractivity contribution in [2.45, 2.75) is 76.6 Å². The molecule has 0 radical (unpaired) electrons. The van der Waals surface area contributed by atoms with Crippen molar-refractivity contribution >= 4 is 11.9 Å². The van der Waals surface area contributed by atoms with Crippen molar-refractivity contribution in [1.29, 1.82) is 0 Å². The molecule has 3 N–H and O–H groups in total. The molecule has 40 heavy (non-hydrogen) atoms. The van der Waals surface area contributed by atoms with Crippen molar-refractivity contribution < 1.29 is 34.5 Å². The van der Waals surface area contributed by atoms with Crippen molar-refractivity contribution in [3.8, 4) is 0 Å². The van der Waals surface area contributed by atoms with Gasteiger partial charge in [-0.2, -0.15) is 0 Å². The summed E-state index contributed by atoms with van der Waals surface area (Å²) in [5, 5.41) is 33.6. The molecule has 10 heteroatoms. The SMILES string of the molecule is CCNC(=O)CCCC=CC[C@@H]1[C@@H](C=C[C@H](CCc2ccccc2)OC(=O)[C@@H]2C[C@H]2CO[N+](=O)[O-])[C@H](O)C[C@@H]1O. The summed E-state index contributed by atoms with van der Waals surface area (Å²) in [6, 6.07) is 9.84. The van der Waals surface area contributed by atoms with Crippen LogP contribution in [0.2, 0.25) is 0 Å². The van der Waals surface area contributed by atoms with Crippen LogP contribution in [-0.2, 0) is 25.6 Å². The van der Waals surface area contributed by atoms with E-state index in [2.05, 4.69) is 10.2 Å². The molecule has 2 aliphatic rings. The summed E-state index contributed by atoms with van der Waals surface area (Å²) < 4.78 is 5.81. The average Bonchev–Trinajstić information content (AvgIpc) is 3.66. The largest absolute Gasteiger partial charge is 0.458 e. The van der Waals surface area contributed by atoms with E-state index >= 15 is 0 Å². The number of aliphatic hydroxyl groups excluding tert-OH is 2. The second-order valence-electron chi connectivity index (χ2n) is 10.7. The van der Waals surface area contributed by atoms with E-state index in [1.807, 2.05) is 55.5 Å². The van der Waals surface area contributed by atoms with Crippen molar-refractivity contribution in [2.24, 2.45) is 23.7 Å². The number of allylic oxidation sites excluding steroid dienone is 2. The number of carbonyl (C=O) groups is 2. The van der Waals surface area contributed by atoms with Crippen LogP contribution in [0.15, 0.2) is 54.6 Å². The van der Waals surface area contributed by atoms with Crippen molar-refractivity contribution in [2.75, 3.05) is 13.2 Å². The zero-order valence-electron chi connectivity index (χ0n) is 23.1. The third-order valence-electron chi connectivity index (χ3n) is 7.63. The van der Waals surface area contributed by atoms with Gasteiger partial charge in [-0.25, -0.2) is 0 Å². The van der Waals surface area contributed by atoms with Crippen LogP contribution in [0.1, 0.15) is 57.4 Å². The Morgan fingerprint density at radius 3 is 2.67 bits per heavy atom. The molecule has 0 unspecified atom stereocenters. The van der Waals surface area contributed by atoms with E-state index < -0.39 is 35.3 Å². The van der Waals surface area contributed by atoms with E-state index in [4.69, 9.17) is 4.74 Å². The number of benzene rings is 1. The number of ether oxygens (including phenoxy) is 1. The second kappa shape index (κ2) is 16.1. The van der Waals surface area contributed by atoms with Crippen LogP contribution in [0, 0.1) is 33.8 Å². The number of carbonyl (C=O) groups excluding carboxylic acids is 2.